The van der Waals surface area contributed by atoms with Gasteiger partial charge in [-0.1, -0.05) is 48.5 Å². The van der Waals surface area contributed by atoms with Gasteiger partial charge in [0.1, 0.15) is 0 Å². The van der Waals surface area contributed by atoms with Crippen molar-refractivity contribution in [2.24, 2.45) is 5.10 Å². The molecule has 2 aromatic carbocycles. The number of para-hydroxylation sites is 1. The molecule has 0 saturated heterocycles. The van der Waals surface area contributed by atoms with Crippen molar-refractivity contribution in [1.82, 2.24) is 15.0 Å². The quantitative estimate of drug-likeness (QED) is 0.427. The van der Waals surface area contributed by atoms with E-state index in [0.29, 0.717) is 5.82 Å². The molecule has 0 unspecified atom stereocenters. The molecule has 0 aliphatic carbocycles. The Hall–Kier alpha value is -3.31. The van der Waals surface area contributed by atoms with E-state index < -0.39 is 0 Å². The Morgan fingerprint density at radius 1 is 0.808 bits per heavy atom. The third-order valence-corrected chi connectivity index (χ3v) is 3.74. The van der Waals surface area contributed by atoms with E-state index in [0.717, 1.165) is 27.7 Å². The maximum absolute atomic E-state index is 4.39. The summed E-state index contributed by atoms with van der Waals surface area (Å²) in [5.41, 5.74) is 6.59. The molecule has 0 amide bonds. The van der Waals surface area contributed by atoms with Crippen LogP contribution in [-0.4, -0.2) is 21.2 Å². The van der Waals surface area contributed by atoms with Gasteiger partial charge in [0, 0.05) is 35.1 Å². The second-order valence-electron chi connectivity index (χ2n) is 5.46. The van der Waals surface area contributed by atoms with Crippen LogP contribution in [0.4, 0.5) is 5.69 Å². The zero-order valence-electron chi connectivity index (χ0n) is 13.8. The number of rotatable bonds is 4. The summed E-state index contributed by atoms with van der Waals surface area (Å²) >= 11 is 0. The predicted molar refractivity (Wildman–Crippen MR) is 108 cm³/mol. The molecule has 2 heterocycles. The van der Waals surface area contributed by atoms with Crippen molar-refractivity contribution in [2.45, 2.75) is 0 Å². The van der Waals surface area contributed by atoms with Crippen molar-refractivity contribution in [3.05, 3.63) is 84.8 Å². The van der Waals surface area contributed by atoms with Crippen molar-refractivity contribution in [3.8, 4) is 11.4 Å². The highest BCUT2D eigenvalue weighted by molar-refractivity contribution is 5.90. The molecule has 1 N–H and O–H groups in total. The first-order valence-corrected chi connectivity index (χ1v) is 7.90. The second-order valence-corrected chi connectivity index (χ2v) is 5.46. The van der Waals surface area contributed by atoms with Crippen LogP contribution in [0.5, 0.6) is 0 Å². The maximum Gasteiger partial charge on any atom is 0.159 e. The number of hydrogen-bond donors (Lipinski definition) is 1. The fourth-order valence-electron chi connectivity index (χ4n) is 2.51. The molecule has 0 aliphatic rings. The van der Waals surface area contributed by atoms with E-state index in [1.807, 2.05) is 60.7 Å². The molecule has 0 fully saturated rings. The Morgan fingerprint density at radius 3 is 2.38 bits per heavy atom. The summed E-state index contributed by atoms with van der Waals surface area (Å²) in [6.07, 6.45) is 6.97. The molecule has 5 nitrogen and oxygen atoms in total. The third kappa shape index (κ3) is 3.84. The Morgan fingerprint density at radius 2 is 1.58 bits per heavy atom. The first kappa shape index (κ1) is 17.5. The molecule has 26 heavy (non-hydrogen) atoms. The van der Waals surface area contributed by atoms with E-state index in [-0.39, 0.29) is 12.4 Å². The zero-order chi connectivity index (χ0) is 16.9. The molecule has 2 aromatic heterocycles. The van der Waals surface area contributed by atoms with E-state index in [2.05, 4.69) is 25.5 Å². The maximum atomic E-state index is 4.39. The number of hydrogen-bond acceptors (Lipinski definition) is 5. The van der Waals surface area contributed by atoms with E-state index in [4.69, 9.17) is 0 Å². The lowest BCUT2D eigenvalue weighted by atomic mass is 10.2. The summed E-state index contributed by atoms with van der Waals surface area (Å²) in [7, 11) is 0. The summed E-state index contributed by atoms with van der Waals surface area (Å²) in [4.78, 5) is 13.2. The molecular weight excluding hydrogens is 346 g/mol. The van der Waals surface area contributed by atoms with E-state index >= 15 is 0 Å². The van der Waals surface area contributed by atoms with E-state index in [1.54, 1.807) is 24.8 Å². The smallest absolute Gasteiger partial charge is 0.159 e. The van der Waals surface area contributed by atoms with Gasteiger partial charge < -0.3 is 0 Å². The number of nitrogens with one attached hydrogen (secondary N) is 1. The van der Waals surface area contributed by atoms with Crippen molar-refractivity contribution in [3.63, 3.8) is 0 Å². The molecule has 0 bridgehead atoms. The van der Waals surface area contributed by atoms with Gasteiger partial charge in [0.2, 0.25) is 0 Å². The van der Waals surface area contributed by atoms with Gasteiger partial charge in [-0.05, 0) is 12.1 Å². The van der Waals surface area contributed by atoms with Crippen LogP contribution < -0.4 is 5.43 Å². The molecule has 0 aliphatic heterocycles. The average molecular weight is 362 g/mol. The van der Waals surface area contributed by atoms with Crippen molar-refractivity contribution < 1.29 is 0 Å². The van der Waals surface area contributed by atoms with Crippen LogP contribution in [0.15, 0.2) is 84.4 Å². The molecule has 4 rings (SSSR count). The predicted octanol–water partition coefficient (Wildman–Crippen LogP) is 4.56. The number of nitrogens with zero attached hydrogens (tertiary/aromatic N) is 4. The summed E-state index contributed by atoms with van der Waals surface area (Å²) in [5.74, 6) is 0.698. The molecule has 4 aromatic rings. The number of pyridine rings is 1. The van der Waals surface area contributed by atoms with Gasteiger partial charge in [0.25, 0.3) is 0 Å². The summed E-state index contributed by atoms with van der Waals surface area (Å²) in [6.45, 7) is 0. The molecule has 0 saturated carbocycles. The minimum atomic E-state index is 0. The van der Waals surface area contributed by atoms with Gasteiger partial charge in [0.05, 0.1) is 17.4 Å². The van der Waals surface area contributed by atoms with Crippen LogP contribution in [0.25, 0.3) is 22.3 Å². The Bertz CT molecular complexity index is 1010. The number of hydrazone groups is 1. The second kappa shape index (κ2) is 8.18. The lowest BCUT2D eigenvalue weighted by Crippen LogP contribution is -1.95. The molecular formula is C20H16ClN5. The SMILES string of the molecule is C(=N\Nc1cccc2cccnc12)/c1cnc(-c2ccccc2)nc1.Cl. The van der Waals surface area contributed by atoms with E-state index in [1.165, 1.54) is 0 Å². The average Bonchev–Trinajstić information content (AvgIpc) is 2.69. The van der Waals surface area contributed by atoms with Crippen molar-refractivity contribution >= 4 is 35.2 Å². The van der Waals surface area contributed by atoms with Crippen LogP contribution in [0, 0.1) is 0 Å². The van der Waals surface area contributed by atoms with Crippen molar-refractivity contribution in [1.29, 1.82) is 0 Å². The Balaban J connectivity index is 0.00000196. The van der Waals surface area contributed by atoms with Gasteiger partial charge >= 0.3 is 0 Å². The minimum absolute atomic E-state index is 0. The van der Waals surface area contributed by atoms with Crippen LogP contribution in [0.2, 0.25) is 0 Å². The number of aromatic nitrogens is 3. The topological polar surface area (TPSA) is 63.1 Å². The van der Waals surface area contributed by atoms with Crippen molar-refractivity contribution in [2.75, 3.05) is 5.43 Å². The van der Waals surface area contributed by atoms with E-state index in [9.17, 15) is 0 Å². The number of benzene rings is 2. The molecule has 128 valence electrons. The summed E-state index contributed by atoms with van der Waals surface area (Å²) < 4.78 is 0. The fourth-order valence-corrected chi connectivity index (χ4v) is 2.51. The fraction of sp³-hybridized carbons (Fsp3) is 0. The standard InChI is InChI=1S/C20H15N5.ClH/c1-2-6-17(7-3-1)20-22-12-15(13-23-20)14-24-25-18-10-4-8-16-9-5-11-21-19(16)18;/h1-14,25H;1H/b24-14+;. The molecule has 0 radical (unpaired) electrons. The minimum Gasteiger partial charge on any atom is -0.276 e. The highest BCUT2D eigenvalue weighted by Crippen LogP contribution is 2.20. The van der Waals surface area contributed by atoms with Crippen LogP contribution in [0.3, 0.4) is 0 Å². The van der Waals surface area contributed by atoms with Gasteiger partial charge in [0.15, 0.2) is 5.82 Å². The zero-order valence-corrected chi connectivity index (χ0v) is 14.6. The first-order valence-electron chi connectivity index (χ1n) is 7.90. The van der Waals surface area contributed by atoms with Crippen LogP contribution >= 0.6 is 12.4 Å². The molecule has 0 spiro atoms. The molecule has 0 atom stereocenters. The number of halogens is 1. The van der Waals surface area contributed by atoms with Gasteiger partial charge in [-0.15, -0.1) is 12.4 Å². The highest BCUT2D eigenvalue weighted by atomic mass is 35.5. The monoisotopic (exact) mass is 361 g/mol. The molecule has 6 heteroatoms. The van der Waals surface area contributed by atoms with Crippen LogP contribution in [-0.2, 0) is 0 Å². The lowest BCUT2D eigenvalue weighted by molar-refractivity contribution is 1.17. The normalized spacial score (nSPS) is 10.6. The Labute approximate surface area is 157 Å². The Kier molecular flexibility index (Phi) is 5.51. The first-order chi connectivity index (χ1) is 12.4. The lowest BCUT2D eigenvalue weighted by Gasteiger charge is -2.04. The van der Waals surface area contributed by atoms with Gasteiger partial charge in [-0.3, -0.25) is 10.4 Å². The highest BCUT2D eigenvalue weighted by Gasteiger charge is 2.01. The van der Waals surface area contributed by atoms with Gasteiger partial charge in [-0.2, -0.15) is 5.10 Å². The number of fused-ring (bicyclic) bond motifs is 1. The van der Waals surface area contributed by atoms with Gasteiger partial charge in [-0.25, -0.2) is 9.97 Å². The van der Waals surface area contributed by atoms with Crippen LogP contribution in [0.1, 0.15) is 5.56 Å². The third-order valence-electron chi connectivity index (χ3n) is 3.74. The number of anilines is 1. The summed E-state index contributed by atoms with van der Waals surface area (Å²) in [5, 5.41) is 5.34. The largest absolute Gasteiger partial charge is 0.276 e. The summed E-state index contributed by atoms with van der Waals surface area (Å²) in [6, 6.07) is 19.8.